The van der Waals surface area contributed by atoms with Gasteiger partial charge in [-0.15, -0.1) is 11.3 Å². The molecule has 0 radical (unpaired) electrons. The van der Waals surface area contributed by atoms with Crippen LogP contribution in [0.2, 0.25) is 0 Å². The van der Waals surface area contributed by atoms with Crippen molar-refractivity contribution in [3.8, 4) is 10.6 Å². The molecule has 0 atom stereocenters. The lowest BCUT2D eigenvalue weighted by Crippen LogP contribution is -1.88. The fourth-order valence-electron chi connectivity index (χ4n) is 1.14. The highest BCUT2D eigenvalue weighted by atomic mass is 32.1. The van der Waals surface area contributed by atoms with Gasteiger partial charge in [0.2, 0.25) is 0 Å². The van der Waals surface area contributed by atoms with E-state index in [1.807, 2.05) is 18.4 Å². The molecule has 0 aliphatic rings. The van der Waals surface area contributed by atoms with Gasteiger partial charge < -0.3 is 4.98 Å². The first-order chi connectivity index (χ1) is 6.29. The minimum absolute atomic E-state index is 0.669. The average Bonchev–Trinajstić information content (AvgIpc) is 2.62. The molecule has 66 valence electrons. The van der Waals surface area contributed by atoms with E-state index in [1.165, 1.54) is 4.88 Å². The molecule has 0 saturated carbocycles. The quantitative estimate of drug-likeness (QED) is 0.729. The van der Waals surface area contributed by atoms with E-state index in [0.717, 1.165) is 11.3 Å². The van der Waals surface area contributed by atoms with E-state index in [0.29, 0.717) is 4.64 Å². The van der Waals surface area contributed by atoms with Gasteiger partial charge in [0.25, 0.3) is 0 Å². The van der Waals surface area contributed by atoms with Crippen LogP contribution in [0.25, 0.3) is 10.6 Å². The highest BCUT2D eigenvalue weighted by Crippen LogP contribution is 2.24. The van der Waals surface area contributed by atoms with Gasteiger partial charge in [0.1, 0.15) is 4.64 Å². The lowest BCUT2D eigenvalue weighted by atomic mass is 10.2. The molecule has 2 aromatic rings. The molecule has 0 saturated heterocycles. The minimum Gasteiger partial charge on any atom is -0.345 e. The molecular formula is C9H8N2S2. The van der Waals surface area contributed by atoms with Crippen LogP contribution in [0.5, 0.6) is 0 Å². The maximum Gasteiger partial charge on any atom is 0.132 e. The summed E-state index contributed by atoms with van der Waals surface area (Å²) in [7, 11) is 0. The van der Waals surface area contributed by atoms with Crippen LogP contribution in [0, 0.1) is 11.6 Å². The Hall–Kier alpha value is -1.00. The Balaban J connectivity index is 2.66. The first-order valence-corrected chi connectivity index (χ1v) is 5.16. The van der Waals surface area contributed by atoms with E-state index in [2.05, 4.69) is 16.0 Å². The molecule has 0 amide bonds. The standard InChI is InChI=1S/C9H8N2S2/c1-6-8(7-3-2-4-13-7)10-5-11-9(6)12/h2-5H,1H3,(H,10,11,12). The summed E-state index contributed by atoms with van der Waals surface area (Å²) >= 11 is 6.78. The Morgan fingerprint density at radius 1 is 1.54 bits per heavy atom. The topological polar surface area (TPSA) is 28.7 Å². The van der Waals surface area contributed by atoms with Crippen molar-refractivity contribution in [2.24, 2.45) is 0 Å². The number of hydrogen-bond donors (Lipinski definition) is 1. The first-order valence-electron chi connectivity index (χ1n) is 3.87. The number of nitrogens with one attached hydrogen (secondary N) is 1. The molecule has 0 bridgehead atoms. The molecule has 0 aliphatic carbocycles. The van der Waals surface area contributed by atoms with E-state index in [4.69, 9.17) is 12.2 Å². The van der Waals surface area contributed by atoms with Gasteiger partial charge in [-0.3, -0.25) is 0 Å². The Morgan fingerprint density at radius 2 is 2.38 bits per heavy atom. The van der Waals surface area contributed by atoms with Gasteiger partial charge in [-0.25, -0.2) is 4.98 Å². The smallest absolute Gasteiger partial charge is 0.132 e. The molecule has 4 heteroatoms. The monoisotopic (exact) mass is 208 g/mol. The normalized spacial score (nSPS) is 10.2. The predicted molar refractivity (Wildman–Crippen MR) is 57.5 cm³/mol. The van der Waals surface area contributed by atoms with Crippen LogP contribution in [0.15, 0.2) is 23.8 Å². The second-order valence-corrected chi connectivity index (χ2v) is 4.02. The SMILES string of the molecule is Cc1c(-c2cccs2)[nH]cnc1=S. The average molecular weight is 208 g/mol. The van der Waals surface area contributed by atoms with E-state index in [1.54, 1.807) is 17.7 Å². The van der Waals surface area contributed by atoms with Crippen molar-refractivity contribution in [2.45, 2.75) is 6.92 Å². The van der Waals surface area contributed by atoms with Crippen molar-refractivity contribution in [1.29, 1.82) is 0 Å². The fraction of sp³-hybridized carbons (Fsp3) is 0.111. The largest absolute Gasteiger partial charge is 0.345 e. The molecule has 13 heavy (non-hydrogen) atoms. The summed E-state index contributed by atoms with van der Waals surface area (Å²) in [5.41, 5.74) is 2.12. The first kappa shape index (κ1) is 8.59. The van der Waals surface area contributed by atoms with E-state index >= 15 is 0 Å². The van der Waals surface area contributed by atoms with E-state index in [9.17, 15) is 0 Å². The van der Waals surface area contributed by atoms with Crippen molar-refractivity contribution < 1.29 is 0 Å². The zero-order chi connectivity index (χ0) is 9.26. The summed E-state index contributed by atoms with van der Waals surface area (Å²) in [5, 5.41) is 2.05. The highest BCUT2D eigenvalue weighted by molar-refractivity contribution is 7.71. The maximum atomic E-state index is 5.09. The number of aromatic amines is 1. The molecule has 0 aromatic carbocycles. The van der Waals surface area contributed by atoms with Crippen molar-refractivity contribution in [3.05, 3.63) is 34.0 Å². The van der Waals surface area contributed by atoms with Gasteiger partial charge in [0.05, 0.1) is 16.9 Å². The summed E-state index contributed by atoms with van der Waals surface area (Å²) < 4.78 is 0.669. The van der Waals surface area contributed by atoms with Gasteiger partial charge in [-0.1, -0.05) is 18.3 Å². The summed E-state index contributed by atoms with van der Waals surface area (Å²) in [4.78, 5) is 8.33. The van der Waals surface area contributed by atoms with Crippen LogP contribution < -0.4 is 0 Å². The molecule has 0 unspecified atom stereocenters. The summed E-state index contributed by atoms with van der Waals surface area (Å²) in [6.45, 7) is 1.99. The molecule has 2 nitrogen and oxygen atoms in total. The van der Waals surface area contributed by atoms with E-state index in [-0.39, 0.29) is 0 Å². The molecule has 0 fully saturated rings. The molecule has 0 spiro atoms. The van der Waals surface area contributed by atoms with Crippen LogP contribution in [-0.2, 0) is 0 Å². The number of H-pyrrole nitrogens is 1. The van der Waals surface area contributed by atoms with Crippen molar-refractivity contribution in [2.75, 3.05) is 0 Å². The van der Waals surface area contributed by atoms with Crippen molar-refractivity contribution >= 4 is 23.6 Å². The Kier molecular flexibility index (Phi) is 2.24. The van der Waals surface area contributed by atoms with Crippen LogP contribution in [0.3, 0.4) is 0 Å². The zero-order valence-corrected chi connectivity index (χ0v) is 8.71. The van der Waals surface area contributed by atoms with Crippen LogP contribution >= 0.6 is 23.6 Å². The van der Waals surface area contributed by atoms with Gasteiger partial charge in [-0.2, -0.15) is 0 Å². The maximum absolute atomic E-state index is 5.09. The number of hydrogen-bond acceptors (Lipinski definition) is 3. The van der Waals surface area contributed by atoms with Gasteiger partial charge in [0, 0.05) is 5.56 Å². The molecular weight excluding hydrogens is 200 g/mol. The third-order valence-corrected chi connectivity index (χ3v) is 3.15. The molecule has 2 aromatic heterocycles. The number of thiophene rings is 1. The van der Waals surface area contributed by atoms with Crippen LogP contribution in [-0.4, -0.2) is 9.97 Å². The second kappa shape index (κ2) is 3.40. The third-order valence-electron chi connectivity index (χ3n) is 1.85. The number of rotatable bonds is 1. The Morgan fingerprint density at radius 3 is 3.08 bits per heavy atom. The number of aromatic nitrogens is 2. The summed E-state index contributed by atoms with van der Waals surface area (Å²) in [6.07, 6.45) is 1.64. The highest BCUT2D eigenvalue weighted by Gasteiger charge is 2.03. The lowest BCUT2D eigenvalue weighted by Gasteiger charge is -2.01. The van der Waals surface area contributed by atoms with Gasteiger partial charge >= 0.3 is 0 Å². The zero-order valence-electron chi connectivity index (χ0n) is 7.07. The summed E-state index contributed by atoms with van der Waals surface area (Å²) in [5.74, 6) is 0. The Bertz CT molecular complexity index is 457. The number of nitrogens with zero attached hydrogens (tertiary/aromatic N) is 1. The molecule has 2 heterocycles. The predicted octanol–water partition coefficient (Wildman–Crippen LogP) is 3.18. The second-order valence-electron chi connectivity index (χ2n) is 2.68. The van der Waals surface area contributed by atoms with E-state index < -0.39 is 0 Å². The molecule has 0 aliphatic heterocycles. The minimum atomic E-state index is 0.669. The fourth-order valence-corrected chi connectivity index (χ4v) is 2.09. The van der Waals surface area contributed by atoms with Gasteiger partial charge in [-0.05, 0) is 18.4 Å². The van der Waals surface area contributed by atoms with Crippen molar-refractivity contribution in [3.63, 3.8) is 0 Å². The van der Waals surface area contributed by atoms with Crippen LogP contribution in [0.1, 0.15) is 5.56 Å². The van der Waals surface area contributed by atoms with Crippen molar-refractivity contribution in [1.82, 2.24) is 9.97 Å². The Labute approximate surface area is 85.3 Å². The van der Waals surface area contributed by atoms with Gasteiger partial charge in [0.15, 0.2) is 0 Å². The third kappa shape index (κ3) is 1.55. The molecule has 2 rings (SSSR count). The summed E-state index contributed by atoms with van der Waals surface area (Å²) in [6, 6.07) is 4.09. The van der Waals surface area contributed by atoms with Crippen LogP contribution in [0.4, 0.5) is 0 Å². The lowest BCUT2D eigenvalue weighted by molar-refractivity contribution is 1.12. The molecule has 1 N–H and O–H groups in total.